The molecule has 1 heterocycles. The van der Waals surface area contributed by atoms with E-state index < -0.39 is 0 Å². The Morgan fingerprint density at radius 2 is 1.55 bits per heavy atom. The Morgan fingerprint density at radius 3 is 2.18 bits per heavy atom. The smallest absolute Gasteiger partial charge is 0.255 e. The minimum absolute atomic E-state index is 0.0850. The Morgan fingerprint density at radius 1 is 0.909 bits per heavy atom. The topological polar surface area (TPSA) is 32.3 Å². The van der Waals surface area contributed by atoms with E-state index >= 15 is 0 Å². The number of nitrogens with zero attached hydrogens (tertiary/aromatic N) is 1. The lowest BCUT2D eigenvalue weighted by molar-refractivity contribution is 0.102. The molecule has 1 N–H and O–H groups in total. The highest BCUT2D eigenvalue weighted by Crippen LogP contribution is 2.22. The number of hydrogen-bond acceptors (Lipinski definition) is 2. The highest BCUT2D eigenvalue weighted by atomic mass is 79.9. The fraction of sp³-hybridized carbons (Fsp3) is 0.278. The van der Waals surface area contributed by atoms with Gasteiger partial charge in [-0.1, -0.05) is 15.9 Å². The van der Waals surface area contributed by atoms with Crippen molar-refractivity contribution in [3.63, 3.8) is 0 Å². The molecule has 0 aliphatic carbocycles. The lowest BCUT2D eigenvalue weighted by Gasteiger charge is -2.28. The van der Waals surface area contributed by atoms with Crippen LogP contribution in [0.1, 0.15) is 29.6 Å². The lowest BCUT2D eigenvalue weighted by atomic mass is 10.1. The van der Waals surface area contributed by atoms with Gasteiger partial charge in [0.1, 0.15) is 0 Å². The van der Waals surface area contributed by atoms with Crippen molar-refractivity contribution in [2.45, 2.75) is 19.3 Å². The zero-order valence-electron chi connectivity index (χ0n) is 12.4. The SMILES string of the molecule is O=C(Nc1ccc(N2CCCCC2)cc1)c1ccc(Br)cc1. The van der Waals surface area contributed by atoms with Gasteiger partial charge in [0.05, 0.1) is 0 Å². The van der Waals surface area contributed by atoms with Crippen molar-refractivity contribution < 1.29 is 4.79 Å². The molecule has 1 aliphatic heterocycles. The molecule has 1 amide bonds. The summed E-state index contributed by atoms with van der Waals surface area (Å²) in [5.74, 6) is -0.0850. The average Bonchev–Trinajstić information content (AvgIpc) is 2.57. The van der Waals surface area contributed by atoms with Crippen LogP contribution in [0.25, 0.3) is 0 Å². The van der Waals surface area contributed by atoms with E-state index in [2.05, 4.69) is 38.3 Å². The molecule has 22 heavy (non-hydrogen) atoms. The van der Waals surface area contributed by atoms with Gasteiger partial charge in [-0.2, -0.15) is 0 Å². The van der Waals surface area contributed by atoms with Gasteiger partial charge < -0.3 is 10.2 Å². The predicted octanol–water partition coefficient (Wildman–Crippen LogP) is 4.69. The molecule has 0 spiro atoms. The molecule has 0 unspecified atom stereocenters. The van der Waals surface area contributed by atoms with Gasteiger partial charge in [0, 0.05) is 34.5 Å². The van der Waals surface area contributed by atoms with E-state index in [0.717, 1.165) is 23.2 Å². The van der Waals surface area contributed by atoms with Gasteiger partial charge in [-0.15, -0.1) is 0 Å². The molecular formula is C18H19BrN2O. The largest absolute Gasteiger partial charge is 0.372 e. The Kier molecular flexibility index (Phi) is 4.78. The van der Waals surface area contributed by atoms with Crippen LogP contribution in [0.15, 0.2) is 53.0 Å². The first-order valence-electron chi connectivity index (χ1n) is 7.64. The number of halogens is 1. The van der Waals surface area contributed by atoms with E-state index in [1.807, 2.05) is 36.4 Å². The first-order chi connectivity index (χ1) is 10.7. The van der Waals surface area contributed by atoms with Crippen molar-refractivity contribution in [2.24, 2.45) is 0 Å². The van der Waals surface area contributed by atoms with Crippen molar-refractivity contribution in [1.82, 2.24) is 0 Å². The molecule has 2 aromatic rings. The minimum atomic E-state index is -0.0850. The summed E-state index contributed by atoms with van der Waals surface area (Å²) >= 11 is 3.37. The Labute approximate surface area is 139 Å². The Hall–Kier alpha value is -1.81. The van der Waals surface area contributed by atoms with Gasteiger partial charge in [-0.3, -0.25) is 4.79 Å². The lowest BCUT2D eigenvalue weighted by Crippen LogP contribution is -2.29. The Bertz CT molecular complexity index is 631. The van der Waals surface area contributed by atoms with Gasteiger partial charge in [0.2, 0.25) is 0 Å². The van der Waals surface area contributed by atoms with Crippen LogP contribution < -0.4 is 10.2 Å². The summed E-state index contributed by atoms with van der Waals surface area (Å²) in [5.41, 5.74) is 2.72. The fourth-order valence-electron chi connectivity index (χ4n) is 2.71. The van der Waals surface area contributed by atoms with Gasteiger partial charge in [0.25, 0.3) is 5.91 Å². The second kappa shape index (κ2) is 6.97. The van der Waals surface area contributed by atoms with Crippen LogP contribution in [-0.2, 0) is 0 Å². The summed E-state index contributed by atoms with van der Waals surface area (Å²) in [4.78, 5) is 14.6. The monoisotopic (exact) mass is 358 g/mol. The molecule has 0 bridgehead atoms. The van der Waals surface area contributed by atoms with Gasteiger partial charge in [-0.05, 0) is 67.8 Å². The summed E-state index contributed by atoms with van der Waals surface area (Å²) in [7, 11) is 0. The van der Waals surface area contributed by atoms with E-state index in [9.17, 15) is 4.79 Å². The highest BCUT2D eigenvalue weighted by Gasteiger charge is 2.11. The summed E-state index contributed by atoms with van der Waals surface area (Å²) in [6.07, 6.45) is 3.86. The number of anilines is 2. The summed E-state index contributed by atoms with van der Waals surface area (Å²) in [5, 5.41) is 2.94. The van der Waals surface area contributed by atoms with Crippen LogP contribution in [0.5, 0.6) is 0 Å². The number of nitrogens with one attached hydrogen (secondary N) is 1. The van der Waals surface area contributed by atoms with Crippen molar-refractivity contribution in [1.29, 1.82) is 0 Å². The first-order valence-corrected chi connectivity index (χ1v) is 8.43. The molecule has 1 aliphatic rings. The molecule has 2 aromatic carbocycles. The maximum absolute atomic E-state index is 12.2. The number of carbonyl (C=O) groups is 1. The molecule has 0 radical (unpaired) electrons. The normalized spacial score (nSPS) is 14.7. The van der Waals surface area contributed by atoms with Gasteiger partial charge in [-0.25, -0.2) is 0 Å². The molecular weight excluding hydrogens is 340 g/mol. The van der Waals surface area contributed by atoms with Crippen LogP contribution in [0.3, 0.4) is 0 Å². The third kappa shape index (κ3) is 3.69. The van der Waals surface area contributed by atoms with Crippen LogP contribution in [0, 0.1) is 0 Å². The van der Waals surface area contributed by atoms with Gasteiger partial charge in [0.15, 0.2) is 0 Å². The minimum Gasteiger partial charge on any atom is -0.372 e. The van der Waals surface area contributed by atoms with Crippen LogP contribution >= 0.6 is 15.9 Å². The summed E-state index contributed by atoms with van der Waals surface area (Å²) in [6, 6.07) is 15.5. The molecule has 114 valence electrons. The molecule has 3 nitrogen and oxygen atoms in total. The third-order valence-electron chi connectivity index (χ3n) is 3.95. The molecule has 0 aromatic heterocycles. The number of benzene rings is 2. The van der Waals surface area contributed by atoms with E-state index in [1.54, 1.807) is 0 Å². The van der Waals surface area contributed by atoms with E-state index in [-0.39, 0.29) is 5.91 Å². The molecule has 1 saturated heterocycles. The maximum atomic E-state index is 12.2. The summed E-state index contributed by atoms with van der Waals surface area (Å²) in [6.45, 7) is 2.26. The number of rotatable bonds is 3. The van der Waals surface area contributed by atoms with Crippen LogP contribution in [-0.4, -0.2) is 19.0 Å². The van der Waals surface area contributed by atoms with Crippen molar-refractivity contribution in [3.05, 3.63) is 58.6 Å². The van der Waals surface area contributed by atoms with Gasteiger partial charge >= 0.3 is 0 Å². The van der Waals surface area contributed by atoms with Crippen molar-refractivity contribution >= 4 is 33.2 Å². The molecule has 1 fully saturated rings. The van der Waals surface area contributed by atoms with Crippen LogP contribution in [0.2, 0.25) is 0 Å². The molecule has 0 saturated carbocycles. The van der Waals surface area contributed by atoms with E-state index in [4.69, 9.17) is 0 Å². The molecule has 4 heteroatoms. The average molecular weight is 359 g/mol. The quantitative estimate of drug-likeness (QED) is 0.862. The molecule has 0 atom stereocenters. The predicted molar refractivity (Wildman–Crippen MR) is 94.6 cm³/mol. The molecule has 3 rings (SSSR count). The number of amides is 1. The maximum Gasteiger partial charge on any atom is 0.255 e. The van der Waals surface area contributed by atoms with E-state index in [1.165, 1.54) is 24.9 Å². The fourth-order valence-corrected chi connectivity index (χ4v) is 2.98. The second-order valence-corrected chi connectivity index (χ2v) is 6.47. The van der Waals surface area contributed by atoms with Crippen LogP contribution in [0.4, 0.5) is 11.4 Å². The van der Waals surface area contributed by atoms with E-state index in [0.29, 0.717) is 5.56 Å². The number of hydrogen-bond donors (Lipinski definition) is 1. The number of carbonyl (C=O) groups excluding carboxylic acids is 1. The standard InChI is InChI=1S/C18H19BrN2O/c19-15-6-4-14(5-7-15)18(22)20-16-8-10-17(11-9-16)21-12-2-1-3-13-21/h4-11H,1-3,12-13H2,(H,20,22). The Balaban J connectivity index is 1.65. The third-order valence-corrected chi connectivity index (χ3v) is 4.48. The zero-order valence-corrected chi connectivity index (χ0v) is 14.0. The zero-order chi connectivity index (χ0) is 15.4. The first kappa shape index (κ1) is 15.1. The van der Waals surface area contributed by atoms with Crippen molar-refractivity contribution in [3.8, 4) is 0 Å². The van der Waals surface area contributed by atoms with Crippen molar-refractivity contribution in [2.75, 3.05) is 23.3 Å². The highest BCUT2D eigenvalue weighted by molar-refractivity contribution is 9.10. The number of piperidine rings is 1. The summed E-state index contributed by atoms with van der Waals surface area (Å²) < 4.78 is 0.968. The second-order valence-electron chi connectivity index (χ2n) is 5.56.